The fraction of sp³-hybridized carbons (Fsp3) is 0.571. The molecule has 0 bridgehead atoms. The van der Waals surface area contributed by atoms with E-state index < -0.39 is 0 Å². The molecule has 100 valence electrons. The number of hydrogen-bond donors (Lipinski definition) is 1. The number of halogens is 1. The van der Waals surface area contributed by atoms with Crippen LogP contribution in [-0.4, -0.2) is 44.3 Å². The molecule has 1 saturated heterocycles. The molecule has 0 radical (unpaired) electrons. The van der Waals surface area contributed by atoms with Crippen molar-refractivity contribution in [1.29, 1.82) is 0 Å². The fourth-order valence-electron chi connectivity index (χ4n) is 2.20. The summed E-state index contributed by atoms with van der Waals surface area (Å²) in [5, 5.41) is 3.54. The van der Waals surface area contributed by atoms with Crippen molar-refractivity contribution in [1.82, 2.24) is 4.90 Å². The first-order valence-electron chi connectivity index (χ1n) is 6.62. The lowest BCUT2D eigenvalue weighted by Crippen LogP contribution is -2.39. The molecule has 1 aromatic carbocycles. The predicted molar refractivity (Wildman–Crippen MR) is 79.3 cm³/mol. The Kier molecular flexibility index (Phi) is 5.47. The largest absolute Gasteiger partial charge is 0.384 e. The van der Waals surface area contributed by atoms with E-state index in [9.17, 15) is 0 Å². The normalized spacial score (nSPS) is 16.8. The second-order valence-corrected chi connectivity index (χ2v) is 5.45. The number of aryl methyl sites for hydroxylation is 1. The molecule has 1 fully saturated rings. The molecule has 1 N–H and O–H groups in total. The summed E-state index contributed by atoms with van der Waals surface area (Å²) in [5.41, 5.74) is 2.63. The third kappa shape index (κ3) is 3.97. The lowest BCUT2D eigenvalue weighted by atomic mass is 10.1. The maximum atomic E-state index is 5.35. The molecule has 0 aliphatic carbocycles. The molecule has 3 nitrogen and oxygen atoms in total. The third-order valence-corrected chi connectivity index (χ3v) is 3.79. The standard InChI is InChI=1S/C14H21BrN2O/c1-2-12-11-13(15)3-4-14(12)16-5-6-17-7-9-18-10-8-17/h3-4,11,16H,2,5-10H2,1H3. The van der Waals surface area contributed by atoms with Crippen LogP contribution in [0, 0.1) is 0 Å². The van der Waals surface area contributed by atoms with Crippen LogP contribution in [0.1, 0.15) is 12.5 Å². The van der Waals surface area contributed by atoms with Crippen molar-refractivity contribution < 1.29 is 4.74 Å². The van der Waals surface area contributed by atoms with Crippen molar-refractivity contribution in [3.8, 4) is 0 Å². The second kappa shape index (κ2) is 7.12. The van der Waals surface area contributed by atoms with Gasteiger partial charge in [-0.3, -0.25) is 4.90 Å². The number of morpholine rings is 1. The van der Waals surface area contributed by atoms with E-state index in [-0.39, 0.29) is 0 Å². The predicted octanol–water partition coefficient (Wildman–Crippen LogP) is 2.76. The first-order chi connectivity index (χ1) is 8.79. The second-order valence-electron chi connectivity index (χ2n) is 4.54. The molecule has 0 unspecified atom stereocenters. The number of ether oxygens (including phenoxy) is 1. The minimum Gasteiger partial charge on any atom is -0.384 e. The summed E-state index contributed by atoms with van der Waals surface area (Å²) in [5.74, 6) is 0. The Bertz CT molecular complexity index is 378. The van der Waals surface area contributed by atoms with Crippen LogP contribution in [0.15, 0.2) is 22.7 Å². The Morgan fingerprint density at radius 1 is 1.33 bits per heavy atom. The molecular formula is C14H21BrN2O. The highest BCUT2D eigenvalue weighted by Crippen LogP contribution is 2.21. The van der Waals surface area contributed by atoms with E-state index in [4.69, 9.17) is 4.74 Å². The van der Waals surface area contributed by atoms with Crippen molar-refractivity contribution in [2.45, 2.75) is 13.3 Å². The van der Waals surface area contributed by atoms with Crippen molar-refractivity contribution >= 4 is 21.6 Å². The van der Waals surface area contributed by atoms with Gasteiger partial charge < -0.3 is 10.1 Å². The molecule has 1 aliphatic rings. The first-order valence-corrected chi connectivity index (χ1v) is 7.41. The minimum absolute atomic E-state index is 0.874. The average molecular weight is 313 g/mol. The number of rotatable bonds is 5. The lowest BCUT2D eigenvalue weighted by Gasteiger charge is -2.26. The summed E-state index contributed by atoms with van der Waals surface area (Å²) in [6.45, 7) is 8.13. The Morgan fingerprint density at radius 3 is 2.83 bits per heavy atom. The molecule has 0 amide bonds. The lowest BCUT2D eigenvalue weighted by molar-refractivity contribution is 0.0398. The van der Waals surface area contributed by atoms with E-state index in [2.05, 4.69) is 51.3 Å². The minimum atomic E-state index is 0.874. The molecule has 2 rings (SSSR count). The molecule has 4 heteroatoms. The number of nitrogens with zero attached hydrogens (tertiary/aromatic N) is 1. The summed E-state index contributed by atoms with van der Waals surface area (Å²) in [4.78, 5) is 2.45. The molecule has 1 aliphatic heterocycles. The number of nitrogens with one attached hydrogen (secondary N) is 1. The van der Waals surface area contributed by atoms with E-state index in [1.807, 2.05) is 0 Å². The Hall–Kier alpha value is -0.580. The van der Waals surface area contributed by atoms with Crippen LogP contribution in [0.4, 0.5) is 5.69 Å². The van der Waals surface area contributed by atoms with Crippen molar-refractivity contribution in [3.63, 3.8) is 0 Å². The van der Waals surface area contributed by atoms with Gasteiger partial charge in [0.15, 0.2) is 0 Å². The van der Waals surface area contributed by atoms with Crippen molar-refractivity contribution in [2.24, 2.45) is 0 Å². The van der Waals surface area contributed by atoms with Crippen molar-refractivity contribution in [3.05, 3.63) is 28.2 Å². The van der Waals surface area contributed by atoms with Gasteiger partial charge in [0.2, 0.25) is 0 Å². The van der Waals surface area contributed by atoms with Gasteiger partial charge in [-0.1, -0.05) is 22.9 Å². The zero-order valence-electron chi connectivity index (χ0n) is 10.9. The van der Waals surface area contributed by atoms with Gasteiger partial charge in [0.25, 0.3) is 0 Å². The molecule has 0 spiro atoms. The summed E-state index contributed by atoms with van der Waals surface area (Å²) in [6, 6.07) is 6.44. The van der Waals surface area contributed by atoms with Crippen LogP contribution in [-0.2, 0) is 11.2 Å². The van der Waals surface area contributed by atoms with Crippen LogP contribution in [0.2, 0.25) is 0 Å². The van der Waals surface area contributed by atoms with E-state index in [0.29, 0.717) is 0 Å². The van der Waals surface area contributed by atoms with Gasteiger partial charge in [0.05, 0.1) is 13.2 Å². The molecule has 0 saturated carbocycles. The zero-order chi connectivity index (χ0) is 12.8. The topological polar surface area (TPSA) is 24.5 Å². The molecular weight excluding hydrogens is 292 g/mol. The Labute approximate surface area is 118 Å². The summed E-state index contributed by atoms with van der Waals surface area (Å²) in [7, 11) is 0. The number of hydrogen-bond acceptors (Lipinski definition) is 3. The summed E-state index contributed by atoms with van der Waals surface area (Å²) >= 11 is 3.52. The number of anilines is 1. The SMILES string of the molecule is CCc1cc(Br)ccc1NCCN1CCOCC1. The first kappa shape index (κ1) is 13.8. The van der Waals surface area contributed by atoms with E-state index in [0.717, 1.165) is 50.3 Å². The van der Waals surface area contributed by atoms with E-state index >= 15 is 0 Å². The summed E-state index contributed by atoms with van der Waals surface area (Å²) in [6.07, 6.45) is 1.05. The molecule has 1 aromatic rings. The van der Waals surface area contributed by atoms with Gasteiger partial charge in [-0.2, -0.15) is 0 Å². The fourth-order valence-corrected chi connectivity index (χ4v) is 2.61. The van der Waals surface area contributed by atoms with Crippen LogP contribution < -0.4 is 5.32 Å². The highest BCUT2D eigenvalue weighted by atomic mass is 79.9. The van der Waals surface area contributed by atoms with Crippen LogP contribution in [0.25, 0.3) is 0 Å². The van der Waals surface area contributed by atoms with Gasteiger partial charge in [0.1, 0.15) is 0 Å². The number of benzene rings is 1. The highest BCUT2D eigenvalue weighted by Gasteiger charge is 2.09. The van der Waals surface area contributed by atoms with Crippen LogP contribution >= 0.6 is 15.9 Å². The molecule has 18 heavy (non-hydrogen) atoms. The smallest absolute Gasteiger partial charge is 0.0594 e. The van der Waals surface area contributed by atoms with Gasteiger partial charge in [-0.05, 0) is 30.2 Å². The molecule has 0 atom stereocenters. The van der Waals surface area contributed by atoms with Crippen LogP contribution in [0.5, 0.6) is 0 Å². The Balaban J connectivity index is 1.82. The molecule has 0 aromatic heterocycles. The van der Waals surface area contributed by atoms with Gasteiger partial charge in [-0.25, -0.2) is 0 Å². The quantitative estimate of drug-likeness (QED) is 0.905. The maximum absolute atomic E-state index is 5.35. The zero-order valence-corrected chi connectivity index (χ0v) is 12.5. The van der Waals surface area contributed by atoms with E-state index in [1.165, 1.54) is 11.3 Å². The highest BCUT2D eigenvalue weighted by molar-refractivity contribution is 9.10. The summed E-state index contributed by atoms with van der Waals surface area (Å²) < 4.78 is 6.50. The van der Waals surface area contributed by atoms with E-state index in [1.54, 1.807) is 0 Å². The monoisotopic (exact) mass is 312 g/mol. The van der Waals surface area contributed by atoms with Gasteiger partial charge >= 0.3 is 0 Å². The van der Waals surface area contributed by atoms with Gasteiger partial charge in [-0.15, -0.1) is 0 Å². The average Bonchev–Trinajstić information content (AvgIpc) is 2.41. The maximum Gasteiger partial charge on any atom is 0.0594 e. The Morgan fingerprint density at radius 2 is 2.11 bits per heavy atom. The molecule has 1 heterocycles. The third-order valence-electron chi connectivity index (χ3n) is 3.30. The van der Waals surface area contributed by atoms with Gasteiger partial charge in [0, 0.05) is 36.3 Å². The van der Waals surface area contributed by atoms with Crippen LogP contribution in [0.3, 0.4) is 0 Å². The van der Waals surface area contributed by atoms with Crippen molar-refractivity contribution in [2.75, 3.05) is 44.7 Å².